The summed E-state index contributed by atoms with van der Waals surface area (Å²) in [6.45, 7) is -0.352. The van der Waals surface area contributed by atoms with Crippen LogP contribution in [0.25, 0.3) is 0 Å². The van der Waals surface area contributed by atoms with Crippen LogP contribution in [-0.4, -0.2) is 68.8 Å². The highest BCUT2D eigenvalue weighted by Gasteiger charge is 2.51. The molecule has 0 aromatic heterocycles. The van der Waals surface area contributed by atoms with Crippen molar-refractivity contribution in [2.24, 2.45) is 0 Å². The average Bonchev–Trinajstić information content (AvgIpc) is 2.98. The molecule has 1 saturated heterocycles. The number of ether oxygens (including phenoxy) is 1. The summed E-state index contributed by atoms with van der Waals surface area (Å²) >= 11 is 0. The Morgan fingerprint density at radius 1 is 1.00 bits per heavy atom. The van der Waals surface area contributed by atoms with Crippen LogP contribution >= 0.6 is 0 Å². The lowest BCUT2D eigenvalue weighted by molar-refractivity contribution is -0.385. The Hall–Kier alpha value is -4.12. The molecule has 2 aromatic carbocycles. The molecule has 3 atom stereocenters. The number of hydrogen-bond acceptors (Lipinski definition) is 7. The highest BCUT2D eigenvalue weighted by atomic mass is 16.6. The number of carbonyl (C=O) groups excluding carboxylic acids is 3. The second-order valence-electron chi connectivity index (χ2n) is 8.00. The molecular formula is C22H17N3O8. The number of carboxylic acids is 1. The number of morpholine rings is 1. The Balaban J connectivity index is 1.70. The summed E-state index contributed by atoms with van der Waals surface area (Å²) in [6, 6.07) is 6.66. The first-order chi connectivity index (χ1) is 15.8. The summed E-state index contributed by atoms with van der Waals surface area (Å²) in [5.74, 6) is -3.49. The third kappa shape index (κ3) is 3.00. The Morgan fingerprint density at radius 2 is 1.67 bits per heavy atom. The number of fused-ring (bicyclic) bond motifs is 4. The van der Waals surface area contributed by atoms with E-state index in [1.807, 2.05) is 0 Å². The van der Waals surface area contributed by atoms with Crippen LogP contribution in [-0.2, 0) is 20.7 Å². The van der Waals surface area contributed by atoms with Gasteiger partial charge in [0.25, 0.3) is 17.5 Å². The fourth-order valence-electron chi connectivity index (χ4n) is 4.85. The van der Waals surface area contributed by atoms with Gasteiger partial charge in [0.1, 0.15) is 6.04 Å². The lowest BCUT2D eigenvalue weighted by Gasteiger charge is -2.41. The molecule has 33 heavy (non-hydrogen) atoms. The van der Waals surface area contributed by atoms with E-state index in [0.717, 1.165) is 9.80 Å². The van der Waals surface area contributed by atoms with Gasteiger partial charge >= 0.3 is 5.97 Å². The van der Waals surface area contributed by atoms with Gasteiger partial charge in [0, 0.05) is 18.1 Å². The van der Waals surface area contributed by atoms with E-state index in [0.29, 0.717) is 5.56 Å². The van der Waals surface area contributed by atoms with E-state index in [1.165, 1.54) is 24.3 Å². The molecule has 5 rings (SSSR count). The fourth-order valence-corrected chi connectivity index (χ4v) is 4.85. The number of nitro groups is 1. The van der Waals surface area contributed by atoms with Crippen molar-refractivity contribution in [3.8, 4) is 0 Å². The number of carboxylic acid groups (broad SMARTS) is 1. The first kappa shape index (κ1) is 20.8. The largest absolute Gasteiger partial charge is 0.480 e. The maximum atomic E-state index is 13.8. The van der Waals surface area contributed by atoms with Crippen LogP contribution < -0.4 is 0 Å². The van der Waals surface area contributed by atoms with Gasteiger partial charge in [-0.2, -0.15) is 0 Å². The van der Waals surface area contributed by atoms with Crippen LogP contribution in [0.15, 0.2) is 42.5 Å². The second kappa shape index (κ2) is 7.48. The van der Waals surface area contributed by atoms with E-state index in [4.69, 9.17) is 4.74 Å². The molecule has 0 saturated carbocycles. The number of benzene rings is 2. The van der Waals surface area contributed by atoms with Crippen molar-refractivity contribution < 1.29 is 33.9 Å². The molecule has 0 unspecified atom stereocenters. The van der Waals surface area contributed by atoms with Crippen molar-refractivity contribution in [2.75, 3.05) is 13.2 Å². The zero-order valence-corrected chi connectivity index (χ0v) is 17.0. The number of imide groups is 1. The third-order valence-electron chi connectivity index (χ3n) is 6.33. The van der Waals surface area contributed by atoms with Crippen LogP contribution in [0, 0.1) is 10.1 Å². The molecule has 2 aromatic rings. The van der Waals surface area contributed by atoms with Gasteiger partial charge in [0.15, 0.2) is 6.04 Å². The number of carbonyl (C=O) groups is 4. The SMILES string of the molecule is O=C(O)[C@H]1COC[C@H]2c3cccc([N+](=O)[O-])c3C[C@@H](N3C(=O)c4ccccc4C3=O)C(=O)N12. The molecular weight excluding hydrogens is 434 g/mol. The highest BCUT2D eigenvalue weighted by molar-refractivity contribution is 6.23. The van der Waals surface area contributed by atoms with Gasteiger partial charge < -0.3 is 14.7 Å². The van der Waals surface area contributed by atoms with Gasteiger partial charge in [-0.15, -0.1) is 0 Å². The van der Waals surface area contributed by atoms with Crippen LogP contribution in [0.2, 0.25) is 0 Å². The molecule has 1 N–H and O–H groups in total. The van der Waals surface area contributed by atoms with E-state index in [2.05, 4.69) is 0 Å². The first-order valence-corrected chi connectivity index (χ1v) is 10.2. The van der Waals surface area contributed by atoms with Crippen molar-refractivity contribution in [2.45, 2.75) is 24.5 Å². The lowest BCUT2D eigenvalue weighted by Crippen LogP contribution is -2.59. The third-order valence-corrected chi connectivity index (χ3v) is 6.33. The molecule has 0 spiro atoms. The fraction of sp³-hybridized carbons (Fsp3) is 0.273. The Kier molecular flexibility index (Phi) is 4.71. The topological polar surface area (TPSA) is 147 Å². The number of aliphatic carboxylic acids is 1. The van der Waals surface area contributed by atoms with Gasteiger partial charge in [-0.1, -0.05) is 24.3 Å². The van der Waals surface area contributed by atoms with E-state index in [1.54, 1.807) is 18.2 Å². The molecule has 0 aliphatic carbocycles. The van der Waals surface area contributed by atoms with Crippen LogP contribution in [0.1, 0.15) is 37.9 Å². The van der Waals surface area contributed by atoms with Crippen LogP contribution in [0.3, 0.4) is 0 Å². The summed E-state index contributed by atoms with van der Waals surface area (Å²) in [6.07, 6.45) is -0.309. The molecule has 11 nitrogen and oxygen atoms in total. The number of amides is 3. The van der Waals surface area contributed by atoms with E-state index >= 15 is 0 Å². The lowest BCUT2D eigenvalue weighted by atomic mass is 9.95. The average molecular weight is 451 g/mol. The van der Waals surface area contributed by atoms with Gasteiger partial charge in [-0.05, 0) is 17.7 Å². The number of nitro benzene ring substituents is 1. The Labute approximate surface area is 186 Å². The van der Waals surface area contributed by atoms with Crippen molar-refractivity contribution in [1.29, 1.82) is 0 Å². The number of rotatable bonds is 3. The van der Waals surface area contributed by atoms with Crippen molar-refractivity contribution >= 4 is 29.4 Å². The minimum atomic E-state index is -1.44. The first-order valence-electron chi connectivity index (χ1n) is 10.2. The zero-order chi connectivity index (χ0) is 23.4. The van der Waals surface area contributed by atoms with Gasteiger partial charge in [-0.3, -0.25) is 29.4 Å². The van der Waals surface area contributed by atoms with E-state index in [-0.39, 0.29) is 42.0 Å². The Bertz CT molecular complexity index is 1210. The van der Waals surface area contributed by atoms with Crippen LogP contribution in [0.5, 0.6) is 0 Å². The van der Waals surface area contributed by atoms with Gasteiger partial charge in [0.2, 0.25) is 5.91 Å². The minimum Gasteiger partial charge on any atom is -0.480 e. The molecule has 3 aliphatic rings. The number of hydrogen-bond donors (Lipinski definition) is 1. The molecule has 3 aliphatic heterocycles. The molecule has 0 bridgehead atoms. The van der Waals surface area contributed by atoms with Crippen molar-refractivity contribution in [3.05, 3.63) is 74.8 Å². The predicted molar refractivity (Wildman–Crippen MR) is 109 cm³/mol. The van der Waals surface area contributed by atoms with E-state index in [9.17, 15) is 34.4 Å². The normalized spacial score (nSPS) is 24.1. The van der Waals surface area contributed by atoms with Gasteiger partial charge in [0.05, 0.1) is 35.3 Å². The smallest absolute Gasteiger partial charge is 0.328 e. The Morgan fingerprint density at radius 3 is 2.27 bits per heavy atom. The summed E-state index contributed by atoms with van der Waals surface area (Å²) in [5.41, 5.74) is 0.495. The van der Waals surface area contributed by atoms with Crippen molar-refractivity contribution in [3.63, 3.8) is 0 Å². The monoisotopic (exact) mass is 451 g/mol. The van der Waals surface area contributed by atoms with Gasteiger partial charge in [-0.25, -0.2) is 4.79 Å². The molecule has 0 radical (unpaired) electrons. The second-order valence-corrected chi connectivity index (χ2v) is 8.00. The summed E-state index contributed by atoms with van der Waals surface area (Å²) in [5, 5.41) is 21.5. The molecule has 3 amide bonds. The van der Waals surface area contributed by atoms with E-state index < -0.39 is 46.7 Å². The predicted octanol–water partition coefficient (Wildman–Crippen LogP) is 1.17. The maximum absolute atomic E-state index is 13.8. The number of nitrogens with zero attached hydrogens (tertiary/aromatic N) is 3. The zero-order valence-electron chi connectivity index (χ0n) is 17.0. The maximum Gasteiger partial charge on any atom is 0.328 e. The summed E-state index contributed by atoms with van der Waals surface area (Å²) in [4.78, 5) is 65.0. The molecule has 1 fully saturated rings. The molecule has 168 valence electrons. The quantitative estimate of drug-likeness (QED) is 0.415. The van der Waals surface area contributed by atoms with Crippen molar-refractivity contribution in [1.82, 2.24) is 9.80 Å². The summed E-state index contributed by atoms with van der Waals surface area (Å²) < 4.78 is 5.44. The summed E-state index contributed by atoms with van der Waals surface area (Å²) in [7, 11) is 0. The molecule has 3 heterocycles. The molecule has 11 heteroatoms. The highest BCUT2D eigenvalue weighted by Crippen LogP contribution is 2.40. The standard InChI is InChI=1S/C22H17N3O8/c26-19-12-4-1-2-5-13(12)20(27)24(19)16-8-14-11(6-3-7-15(14)25(31)32)17-9-33-10-18(22(29)30)23(17)21(16)28/h1-7,16-18H,8-10H2,(H,29,30)/t16-,17+,18-/m1/s1. The van der Waals surface area contributed by atoms with Crippen LogP contribution in [0.4, 0.5) is 5.69 Å². The minimum absolute atomic E-state index is 0.0709.